The molecular formula is C22H24N2O3. The van der Waals surface area contributed by atoms with E-state index in [1.54, 1.807) is 0 Å². The molecule has 5 nitrogen and oxygen atoms in total. The Balaban J connectivity index is 1.82. The average Bonchev–Trinajstić information content (AvgIpc) is 3.39. The molecule has 1 saturated carbocycles. The monoisotopic (exact) mass is 364 g/mol. The van der Waals surface area contributed by atoms with Crippen molar-refractivity contribution in [1.82, 2.24) is 4.98 Å². The zero-order valence-corrected chi connectivity index (χ0v) is 15.8. The van der Waals surface area contributed by atoms with Crippen LogP contribution in [0.15, 0.2) is 23.0 Å². The van der Waals surface area contributed by atoms with Crippen molar-refractivity contribution in [1.29, 1.82) is 0 Å². The summed E-state index contributed by atoms with van der Waals surface area (Å²) in [6.45, 7) is 5.07. The summed E-state index contributed by atoms with van der Waals surface area (Å²) in [5.74, 6) is 2.28. The summed E-state index contributed by atoms with van der Waals surface area (Å²) in [7, 11) is 0. The Morgan fingerprint density at radius 1 is 1.30 bits per heavy atom. The molecular weight excluding hydrogens is 340 g/mol. The van der Waals surface area contributed by atoms with Gasteiger partial charge in [-0.1, -0.05) is 12.0 Å². The van der Waals surface area contributed by atoms with Crippen molar-refractivity contribution in [2.24, 2.45) is 5.41 Å². The molecule has 140 valence electrons. The third kappa shape index (κ3) is 3.21. The van der Waals surface area contributed by atoms with Gasteiger partial charge in [0.05, 0.1) is 11.2 Å². The number of piperidine rings is 1. The second-order valence-electron chi connectivity index (χ2n) is 7.87. The summed E-state index contributed by atoms with van der Waals surface area (Å²) in [5, 5.41) is 0.908. The van der Waals surface area contributed by atoms with E-state index in [1.807, 2.05) is 25.1 Å². The van der Waals surface area contributed by atoms with Crippen molar-refractivity contribution in [3.8, 4) is 12.3 Å². The Kier molecular flexibility index (Phi) is 4.22. The van der Waals surface area contributed by atoms with Crippen molar-refractivity contribution in [2.45, 2.75) is 45.6 Å². The van der Waals surface area contributed by atoms with E-state index < -0.39 is 0 Å². The number of nitrogens with one attached hydrogen (secondary N) is 1. The van der Waals surface area contributed by atoms with E-state index in [4.69, 9.17) is 11.2 Å². The van der Waals surface area contributed by atoms with Gasteiger partial charge in [-0.05, 0) is 55.7 Å². The van der Waals surface area contributed by atoms with E-state index in [-0.39, 0.29) is 17.6 Å². The number of pyridine rings is 1. The quantitative estimate of drug-likeness (QED) is 0.669. The standard InChI is InChI=1S/C22H24N2O3/c1-4-17-20(24-11-9-22(7-8-22)10-12-24)18-13-16(14(2)27-15(3)25)5-6-19(18)23-21(17)26/h1,5-6,13-14H,7-12H2,2-3H3,(H,23,26). The summed E-state index contributed by atoms with van der Waals surface area (Å²) in [6, 6.07) is 5.72. The van der Waals surface area contributed by atoms with Gasteiger partial charge < -0.3 is 14.6 Å². The smallest absolute Gasteiger partial charge is 0.303 e. The molecule has 1 aliphatic heterocycles. The number of terminal acetylenes is 1. The van der Waals surface area contributed by atoms with E-state index >= 15 is 0 Å². The maximum Gasteiger partial charge on any atom is 0.303 e. The first-order valence-corrected chi connectivity index (χ1v) is 9.51. The van der Waals surface area contributed by atoms with Crippen LogP contribution in [0.5, 0.6) is 0 Å². The van der Waals surface area contributed by atoms with Crippen molar-refractivity contribution in [3.05, 3.63) is 39.7 Å². The lowest BCUT2D eigenvalue weighted by molar-refractivity contribution is -0.145. The van der Waals surface area contributed by atoms with Gasteiger partial charge >= 0.3 is 5.97 Å². The predicted octanol–water partition coefficient (Wildman–Crippen LogP) is 3.51. The number of anilines is 1. The Bertz CT molecular complexity index is 1000. The average molecular weight is 364 g/mol. The SMILES string of the molecule is C#Cc1c(N2CCC3(CC2)CC3)c2cc(C(C)OC(C)=O)ccc2[nH]c1=O. The second kappa shape index (κ2) is 6.45. The number of ether oxygens (including phenoxy) is 1. The molecule has 2 aliphatic rings. The molecule has 2 fully saturated rings. The minimum Gasteiger partial charge on any atom is -0.458 e. The van der Waals surface area contributed by atoms with Crippen LogP contribution in [-0.4, -0.2) is 24.0 Å². The first-order valence-electron chi connectivity index (χ1n) is 9.51. The van der Waals surface area contributed by atoms with Gasteiger partial charge in [0.25, 0.3) is 5.56 Å². The van der Waals surface area contributed by atoms with E-state index in [1.165, 1.54) is 19.8 Å². The van der Waals surface area contributed by atoms with Crippen LogP contribution < -0.4 is 10.5 Å². The third-order valence-electron chi connectivity index (χ3n) is 6.06. The van der Waals surface area contributed by atoms with Crippen LogP contribution in [0.2, 0.25) is 0 Å². The Labute approximate surface area is 158 Å². The molecule has 1 aromatic carbocycles. The molecule has 0 bridgehead atoms. The molecule has 4 rings (SSSR count). The third-order valence-corrected chi connectivity index (χ3v) is 6.06. The fraction of sp³-hybridized carbons (Fsp3) is 0.455. The van der Waals surface area contributed by atoms with Crippen molar-refractivity contribution < 1.29 is 9.53 Å². The molecule has 1 saturated heterocycles. The Hall–Kier alpha value is -2.74. The largest absolute Gasteiger partial charge is 0.458 e. The van der Waals surface area contributed by atoms with Crippen LogP contribution in [0.1, 0.15) is 56.8 Å². The van der Waals surface area contributed by atoms with Gasteiger partial charge in [0.15, 0.2) is 0 Å². The van der Waals surface area contributed by atoms with Crippen LogP contribution in [0.3, 0.4) is 0 Å². The number of nitrogens with zero attached hydrogens (tertiary/aromatic N) is 1. The zero-order valence-electron chi connectivity index (χ0n) is 15.8. The number of H-pyrrole nitrogens is 1. The maximum absolute atomic E-state index is 12.5. The van der Waals surface area contributed by atoms with E-state index in [9.17, 15) is 9.59 Å². The molecule has 0 radical (unpaired) electrons. The van der Waals surface area contributed by atoms with Gasteiger partial charge in [0.1, 0.15) is 11.7 Å². The van der Waals surface area contributed by atoms with Gasteiger partial charge in [-0.3, -0.25) is 9.59 Å². The number of aromatic amines is 1. The lowest BCUT2D eigenvalue weighted by Gasteiger charge is -2.35. The van der Waals surface area contributed by atoms with Gasteiger partial charge in [-0.2, -0.15) is 0 Å². The molecule has 1 N–H and O–H groups in total. The van der Waals surface area contributed by atoms with Crippen LogP contribution >= 0.6 is 0 Å². The molecule has 0 amide bonds. The number of carbonyl (C=O) groups excluding carboxylic acids is 1. The maximum atomic E-state index is 12.5. The highest BCUT2D eigenvalue weighted by molar-refractivity contribution is 5.95. The van der Waals surface area contributed by atoms with Crippen molar-refractivity contribution in [3.63, 3.8) is 0 Å². The molecule has 27 heavy (non-hydrogen) atoms. The van der Waals surface area contributed by atoms with Crippen LogP contribution in [0.25, 0.3) is 10.9 Å². The number of rotatable bonds is 3. The van der Waals surface area contributed by atoms with Crippen molar-refractivity contribution >= 4 is 22.6 Å². The zero-order chi connectivity index (χ0) is 19.2. The van der Waals surface area contributed by atoms with Gasteiger partial charge in [-0.25, -0.2) is 0 Å². The molecule has 1 unspecified atom stereocenters. The van der Waals surface area contributed by atoms with Crippen LogP contribution in [0, 0.1) is 17.8 Å². The molecule has 2 aromatic rings. The highest BCUT2D eigenvalue weighted by atomic mass is 16.5. The summed E-state index contributed by atoms with van der Waals surface area (Å²) >= 11 is 0. The minimum atomic E-state index is -0.364. The molecule has 1 aromatic heterocycles. The summed E-state index contributed by atoms with van der Waals surface area (Å²) in [4.78, 5) is 29.0. The number of fused-ring (bicyclic) bond motifs is 1. The molecule has 1 atom stereocenters. The number of carbonyl (C=O) groups is 1. The highest BCUT2D eigenvalue weighted by Gasteiger charge is 2.44. The van der Waals surface area contributed by atoms with Crippen molar-refractivity contribution in [2.75, 3.05) is 18.0 Å². The van der Waals surface area contributed by atoms with Crippen LogP contribution in [0.4, 0.5) is 5.69 Å². The molecule has 1 aliphatic carbocycles. The van der Waals surface area contributed by atoms with E-state index in [0.717, 1.165) is 48.1 Å². The van der Waals surface area contributed by atoms with Gasteiger partial charge in [0.2, 0.25) is 0 Å². The summed E-state index contributed by atoms with van der Waals surface area (Å²) in [5.41, 5.74) is 3.16. The predicted molar refractivity (Wildman–Crippen MR) is 106 cm³/mol. The number of aromatic nitrogens is 1. The molecule has 2 heterocycles. The van der Waals surface area contributed by atoms with E-state index in [2.05, 4.69) is 15.8 Å². The first-order chi connectivity index (χ1) is 12.9. The normalized spacial score (nSPS) is 18.9. The lowest BCUT2D eigenvalue weighted by atomic mass is 9.92. The number of benzene rings is 1. The first kappa shape index (κ1) is 17.7. The van der Waals surface area contributed by atoms with Gasteiger partial charge in [-0.15, -0.1) is 6.42 Å². The lowest BCUT2D eigenvalue weighted by Crippen LogP contribution is -2.36. The fourth-order valence-electron chi connectivity index (χ4n) is 4.21. The Morgan fingerprint density at radius 3 is 2.59 bits per heavy atom. The summed E-state index contributed by atoms with van der Waals surface area (Å²) in [6.07, 6.45) is 10.3. The number of hydrogen-bond acceptors (Lipinski definition) is 4. The summed E-state index contributed by atoms with van der Waals surface area (Å²) < 4.78 is 5.32. The number of hydrogen-bond donors (Lipinski definition) is 1. The molecule has 1 spiro atoms. The second-order valence-corrected chi connectivity index (χ2v) is 7.87. The highest BCUT2D eigenvalue weighted by Crippen LogP contribution is 2.54. The molecule has 5 heteroatoms. The van der Waals surface area contributed by atoms with Gasteiger partial charge in [0, 0.05) is 25.4 Å². The number of esters is 1. The van der Waals surface area contributed by atoms with Crippen LogP contribution in [-0.2, 0) is 9.53 Å². The Morgan fingerprint density at radius 2 is 2.00 bits per heavy atom. The van der Waals surface area contributed by atoms with E-state index in [0.29, 0.717) is 11.0 Å². The fourth-order valence-corrected chi connectivity index (χ4v) is 4.21. The topological polar surface area (TPSA) is 62.4 Å². The minimum absolute atomic E-state index is 0.229.